The largest absolute Gasteiger partial charge is 0.338 e. The van der Waals surface area contributed by atoms with Crippen molar-refractivity contribution in [1.82, 2.24) is 9.21 Å². The van der Waals surface area contributed by atoms with Gasteiger partial charge in [-0.1, -0.05) is 43.7 Å². The molecule has 2 aromatic rings. The molecule has 3 rings (SSSR count). The van der Waals surface area contributed by atoms with E-state index in [0.717, 1.165) is 30.6 Å². The van der Waals surface area contributed by atoms with Crippen LogP contribution in [0.4, 0.5) is 0 Å². The normalized spacial score (nSPS) is 17.5. The topological polar surface area (TPSA) is 57.7 Å². The lowest BCUT2D eigenvalue weighted by molar-refractivity contribution is 0.0683. The van der Waals surface area contributed by atoms with Gasteiger partial charge in [0.25, 0.3) is 5.91 Å². The molecule has 1 saturated heterocycles. The van der Waals surface area contributed by atoms with Crippen LogP contribution in [0.1, 0.15) is 48.2 Å². The number of likely N-dealkylation sites (tertiary alicyclic amines) is 1. The van der Waals surface area contributed by atoms with Crippen molar-refractivity contribution in [2.24, 2.45) is 5.92 Å². The summed E-state index contributed by atoms with van der Waals surface area (Å²) in [5, 5.41) is 0. The van der Waals surface area contributed by atoms with E-state index in [4.69, 9.17) is 0 Å². The lowest BCUT2D eigenvalue weighted by atomic mass is 9.99. The molecule has 0 radical (unpaired) electrons. The van der Waals surface area contributed by atoms with Gasteiger partial charge < -0.3 is 4.90 Å². The number of piperidine rings is 1. The molecule has 1 fully saturated rings. The number of carbonyl (C=O) groups is 1. The maximum atomic E-state index is 13.0. The Bertz CT molecular complexity index is 937. The average Bonchev–Trinajstić information content (AvgIpc) is 2.72. The summed E-state index contributed by atoms with van der Waals surface area (Å²) in [6.07, 6.45) is 2.22. The summed E-state index contributed by atoms with van der Waals surface area (Å²) in [6, 6.07) is 14.2. The summed E-state index contributed by atoms with van der Waals surface area (Å²) in [7, 11) is -3.56. The molecule has 0 aliphatic carbocycles. The first-order valence-corrected chi connectivity index (χ1v) is 11.7. The fourth-order valence-corrected chi connectivity index (χ4v) is 5.18. The molecule has 0 unspecified atom stereocenters. The number of sulfonamides is 1. The Kier molecular flexibility index (Phi) is 6.75. The molecule has 1 heterocycles. The van der Waals surface area contributed by atoms with E-state index in [-0.39, 0.29) is 12.5 Å². The molecule has 0 N–H and O–H groups in total. The quantitative estimate of drug-likeness (QED) is 0.716. The van der Waals surface area contributed by atoms with Crippen molar-refractivity contribution in [2.75, 3.05) is 19.6 Å². The predicted molar refractivity (Wildman–Crippen MR) is 115 cm³/mol. The van der Waals surface area contributed by atoms with Crippen LogP contribution in [0.3, 0.4) is 0 Å². The molecule has 6 heteroatoms. The summed E-state index contributed by atoms with van der Waals surface area (Å²) in [5.74, 6) is 0.597. The third-order valence-electron chi connectivity index (χ3n) is 5.52. The molecule has 156 valence electrons. The minimum absolute atomic E-state index is 0.0581. The minimum Gasteiger partial charge on any atom is -0.338 e. The lowest BCUT2D eigenvalue weighted by Gasteiger charge is -2.31. The number of hydrogen-bond acceptors (Lipinski definition) is 3. The zero-order valence-corrected chi connectivity index (χ0v) is 18.3. The lowest BCUT2D eigenvalue weighted by Crippen LogP contribution is -2.39. The molecule has 0 saturated carbocycles. The Morgan fingerprint density at radius 3 is 2.34 bits per heavy atom. The van der Waals surface area contributed by atoms with E-state index in [2.05, 4.69) is 6.92 Å². The average molecular weight is 415 g/mol. The molecule has 0 bridgehead atoms. The van der Waals surface area contributed by atoms with Gasteiger partial charge in [0.1, 0.15) is 0 Å². The molecule has 1 amide bonds. The summed E-state index contributed by atoms with van der Waals surface area (Å²) in [4.78, 5) is 14.9. The van der Waals surface area contributed by atoms with E-state index in [9.17, 15) is 13.2 Å². The van der Waals surface area contributed by atoms with Gasteiger partial charge in [0, 0.05) is 31.7 Å². The number of nitrogens with zero attached hydrogens (tertiary/aromatic N) is 2. The van der Waals surface area contributed by atoms with Gasteiger partial charge in [-0.05, 0) is 55.5 Å². The van der Waals surface area contributed by atoms with Crippen LogP contribution in [0.2, 0.25) is 0 Å². The first-order chi connectivity index (χ1) is 13.8. The van der Waals surface area contributed by atoms with E-state index in [1.807, 2.05) is 55.1 Å². The molecule has 0 aromatic heterocycles. The smallest absolute Gasteiger partial charge is 0.253 e. The molecular weight excluding hydrogens is 384 g/mol. The van der Waals surface area contributed by atoms with Crippen LogP contribution >= 0.6 is 0 Å². The maximum Gasteiger partial charge on any atom is 0.253 e. The Morgan fingerprint density at radius 1 is 1.10 bits per heavy atom. The van der Waals surface area contributed by atoms with E-state index in [1.165, 1.54) is 10.7 Å². The van der Waals surface area contributed by atoms with Gasteiger partial charge in [-0.25, -0.2) is 8.42 Å². The van der Waals surface area contributed by atoms with Gasteiger partial charge in [0.05, 0.1) is 4.90 Å². The minimum atomic E-state index is -3.56. The van der Waals surface area contributed by atoms with Crippen molar-refractivity contribution in [3.63, 3.8) is 0 Å². The molecule has 1 aliphatic rings. The Balaban J connectivity index is 1.72. The summed E-state index contributed by atoms with van der Waals surface area (Å²) >= 11 is 0. The SMILES string of the molecule is CCN(Cc1ccc(C(=O)N2CCC[C@H](C)C2)cc1)S(=O)(=O)c1ccc(C)cc1. The fraction of sp³-hybridized carbons (Fsp3) is 0.435. The second kappa shape index (κ2) is 9.09. The van der Waals surface area contributed by atoms with Crippen molar-refractivity contribution in [2.45, 2.75) is 45.1 Å². The highest BCUT2D eigenvalue weighted by Crippen LogP contribution is 2.21. The van der Waals surface area contributed by atoms with E-state index < -0.39 is 10.0 Å². The van der Waals surface area contributed by atoms with E-state index in [1.54, 1.807) is 12.1 Å². The first kappa shape index (κ1) is 21.5. The third kappa shape index (κ3) is 5.06. The Labute approximate surface area is 174 Å². The van der Waals surface area contributed by atoms with Crippen LogP contribution in [0, 0.1) is 12.8 Å². The number of amides is 1. The number of aryl methyl sites for hydroxylation is 1. The van der Waals surface area contributed by atoms with Crippen LogP contribution in [-0.2, 0) is 16.6 Å². The number of hydrogen-bond donors (Lipinski definition) is 0. The molecule has 1 atom stereocenters. The summed E-state index contributed by atoms with van der Waals surface area (Å²) in [6.45, 7) is 8.21. The van der Waals surface area contributed by atoms with Crippen LogP contribution in [0.15, 0.2) is 53.4 Å². The molecule has 0 spiro atoms. The van der Waals surface area contributed by atoms with Gasteiger partial charge >= 0.3 is 0 Å². The standard InChI is InChI=1S/C23H30N2O3S/c1-4-25(29(27,28)22-13-7-18(2)8-14-22)17-20-9-11-21(12-10-20)23(26)24-15-5-6-19(3)16-24/h7-14,19H,4-6,15-17H2,1-3H3/t19-/m0/s1. The van der Waals surface area contributed by atoms with Crippen molar-refractivity contribution in [1.29, 1.82) is 0 Å². The molecular formula is C23H30N2O3S. The first-order valence-electron chi connectivity index (χ1n) is 10.3. The van der Waals surface area contributed by atoms with Gasteiger partial charge in [-0.2, -0.15) is 4.31 Å². The second-order valence-electron chi connectivity index (χ2n) is 7.94. The summed E-state index contributed by atoms with van der Waals surface area (Å²) in [5.41, 5.74) is 2.55. The van der Waals surface area contributed by atoms with Crippen LogP contribution in [-0.4, -0.2) is 43.2 Å². The number of carbonyl (C=O) groups excluding carboxylic acids is 1. The highest BCUT2D eigenvalue weighted by atomic mass is 32.2. The van der Waals surface area contributed by atoms with Gasteiger partial charge in [0.2, 0.25) is 10.0 Å². The maximum absolute atomic E-state index is 13.0. The highest BCUT2D eigenvalue weighted by molar-refractivity contribution is 7.89. The van der Waals surface area contributed by atoms with Crippen LogP contribution in [0.5, 0.6) is 0 Å². The van der Waals surface area contributed by atoms with Gasteiger partial charge in [-0.15, -0.1) is 0 Å². The predicted octanol–water partition coefficient (Wildman–Crippen LogP) is 4.08. The summed E-state index contributed by atoms with van der Waals surface area (Å²) < 4.78 is 27.4. The zero-order chi connectivity index (χ0) is 21.0. The van der Waals surface area contributed by atoms with Gasteiger partial charge in [-0.3, -0.25) is 4.79 Å². The van der Waals surface area contributed by atoms with Crippen molar-refractivity contribution in [3.05, 3.63) is 65.2 Å². The van der Waals surface area contributed by atoms with Crippen LogP contribution < -0.4 is 0 Å². The fourth-order valence-electron chi connectivity index (χ4n) is 3.74. The molecule has 29 heavy (non-hydrogen) atoms. The Morgan fingerprint density at radius 2 is 1.76 bits per heavy atom. The van der Waals surface area contributed by atoms with E-state index in [0.29, 0.717) is 22.9 Å². The van der Waals surface area contributed by atoms with Gasteiger partial charge in [0.15, 0.2) is 0 Å². The third-order valence-corrected chi connectivity index (χ3v) is 7.45. The molecule has 1 aliphatic heterocycles. The Hall–Kier alpha value is -2.18. The van der Waals surface area contributed by atoms with E-state index >= 15 is 0 Å². The highest BCUT2D eigenvalue weighted by Gasteiger charge is 2.24. The second-order valence-corrected chi connectivity index (χ2v) is 9.88. The number of benzene rings is 2. The molecule has 5 nitrogen and oxygen atoms in total. The number of rotatable bonds is 6. The van der Waals surface area contributed by atoms with Crippen molar-refractivity contribution >= 4 is 15.9 Å². The van der Waals surface area contributed by atoms with Crippen LogP contribution in [0.25, 0.3) is 0 Å². The monoisotopic (exact) mass is 414 g/mol. The van der Waals surface area contributed by atoms with Crippen molar-refractivity contribution < 1.29 is 13.2 Å². The molecule has 2 aromatic carbocycles. The van der Waals surface area contributed by atoms with Crippen molar-refractivity contribution in [3.8, 4) is 0 Å². The zero-order valence-electron chi connectivity index (χ0n) is 17.5.